The lowest BCUT2D eigenvalue weighted by Gasteiger charge is -2.31. The Kier molecular flexibility index (Phi) is 4.07. The number of rotatable bonds is 3. The molecule has 1 amide bonds. The molecule has 1 rings (SSSR count). The molecule has 5 nitrogen and oxygen atoms in total. The molecule has 0 radical (unpaired) electrons. The standard InChI is InChI=1S/C10H21N3O2/c1-10(2,15)7-13(3)9(14)8-6-11-4-5-12-8/h8,11-12,15H,4-7H2,1-3H3. The van der Waals surface area contributed by atoms with Crippen LogP contribution >= 0.6 is 0 Å². The van der Waals surface area contributed by atoms with Gasteiger partial charge in [0.1, 0.15) is 0 Å². The van der Waals surface area contributed by atoms with Gasteiger partial charge in [-0.25, -0.2) is 0 Å². The van der Waals surface area contributed by atoms with Crippen LogP contribution < -0.4 is 10.6 Å². The Balaban J connectivity index is 2.44. The van der Waals surface area contributed by atoms with Gasteiger partial charge in [0.15, 0.2) is 0 Å². The lowest BCUT2D eigenvalue weighted by molar-refractivity contribution is -0.135. The topological polar surface area (TPSA) is 64.6 Å². The molecule has 88 valence electrons. The van der Waals surface area contributed by atoms with Crippen molar-refractivity contribution in [2.45, 2.75) is 25.5 Å². The van der Waals surface area contributed by atoms with Crippen molar-refractivity contribution in [3.05, 3.63) is 0 Å². The van der Waals surface area contributed by atoms with Gasteiger partial charge in [-0.3, -0.25) is 4.79 Å². The maximum absolute atomic E-state index is 11.9. The van der Waals surface area contributed by atoms with E-state index in [2.05, 4.69) is 10.6 Å². The molecule has 1 heterocycles. The van der Waals surface area contributed by atoms with Crippen molar-refractivity contribution in [2.75, 3.05) is 33.2 Å². The third kappa shape index (κ3) is 4.15. The zero-order chi connectivity index (χ0) is 11.5. The van der Waals surface area contributed by atoms with Gasteiger partial charge >= 0.3 is 0 Å². The molecule has 5 heteroatoms. The highest BCUT2D eigenvalue weighted by molar-refractivity contribution is 5.82. The molecule has 15 heavy (non-hydrogen) atoms. The number of carbonyl (C=O) groups excluding carboxylic acids is 1. The molecule has 0 aromatic carbocycles. The molecule has 0 aliphatic carbocycles. The van der Waals surface area contributed by atoms with Crippen LogP contribution in [-0.4, -0.2) is 60.8 Å². The summed E-state index contributed by atoms with van der Waals surface area (Å²) in [7, 11) is 1.72. The highest BCUT2D eigenvalue weighted by atomic mass is 16.3. The average Bonchev–Trinajstić information content (AvgIpc) is 2.15. The van der Waals surface area contributed by atoms with Crippen LogP contribution in [0, 0.1) is 0 Å². The van der Waals surface area contributed by atoms with Crippen LogP contribution in [0.15, 0.2) is 0 Å². The van der Waals surface area contributed by atoms with Crippen LogP contribution in [0.4, 0.5) is 0 Å². The molecule has 1 unspecified atom stereocenters. The molecule has 1 saturated heterocycles. The van der Waals surface area contributed by atoms with Crippen molar-refractivity contribution in [3.8, 4) is 0 Å². The van der Waals surface area contributed by atoms with Crippen LogP contribution in [0.3, 0.4) is 0 Å². The smallest absolute Gasteiger partial charge is 0.240 e. The first kappa shape index (κ1) is 12.4. The second-order valence-electron chi connectivity index (χ2n) is 4.72. The van der Waals surface area contributed by atoms with Crippen LogP contribution in [0.1, 0.15) is 13.8 Å². The summed E-state index contributed by atoms with van der Waals surface area (Å²) in [6.45, 7) is 6.12. The summed E-state index contributed by atoms with van der Waals surface area (Å²) in [6.07, 6.45) is 0. The maximum atomic E-state index is 11.9. The summed E-state index contributed by atoms with van der Waals surface area (Å²) in [4.78, 5) is 13.5. The zero-order valence-corrected chi connectivity index (χ0v) is 9.71. The van der Waals surface area contributed by atoms with Gasteiger partial charge in [0.25, 0.3) is 0 Å². The molecule has 0 saturated carbocycles. The Morgan fingerprint density at radius 3 is 2.67 bits per heavy atom. The van der Waals surface area contributed by atoms with Gasteiger partial charge in [0.05, 0.1) is 11.6 Å². The summed E-state index contributed by atoms with van der Waals surface area (Å²) in [5, 5.41) is 15.9. The normalized spacial score (nSPS) is 22.5. The lowest BCUT2D eigenvalue weighted by Crippen LogP contribution is -2.57. The minimum atomic E-state index is -0.841. The average molecular weight is 215 g/mol. The molecule has 0 spiro atoms. The summed E-state index contributed by atoms with van der Waals surface area (Å²) >= 11 is 0. The van der Waals surface area contributed by atoms with Crippen LogP contribution in [0.25, 0.3) is 0 Å². The Bertz CT molecular complexity index is 219. The van der Waals surface area contributed by atoms with Crippen molar-refractivity contribution in [3.63, 3.8) is 0 Å². The van der Waals surface area contributed by atoms with E-state index in [9.17, 15) is 9.90 Å². The minimum Gasteiger partial charge on any atom is -0.389 e. The van der Waals surface area contributed by atoms with Crippen molar-refractivity contribution >= 4 is 5.91 Å². The van der Waals surface area contributed by atoms with Gasteiger partial charge in [-0.2, -0.15) is 0 Å². The largest absolute Gasteiger partial charge is 0.389 e. The van der Waals surface area contributed by atoms with E-state index in [0.29, 0.717) is 13.1 Å². The van der Waals surface area contributed by atoms with Crippen molar-refractivity contribution in [1.29, 1.82) is 0 Å². The Hall–Kier alpha value is -0.650. The number of hydrogen-bond donors (Lipinski definition) is 3. The molecule has 0 aromatic heterocycles. The van der Waals surface area contributed by atoms with Crippen LogP contribution in [0.2, 0.25) is 0 Å². The fraction of sp³-hybridized carbons (Fsp3) is 0.900. The lowest BCUT2D eigenvalue weighted by atomic mass is 10.1. The van der Waals surface area contributed by atoms with Crippen molar-refractivity contribution < 1.29 is 9.90 Å². The van der Waals surface area contributed by atoms with E-state index >= 15 is 0 Å². The number of amides is 1. The first-order valence-corrected chi connectivity index (χ1v) is 5.31. The van der Waals surface area contributed by atoms with Crippen molar-refractivity contribution in [1.82, 2.24) is 15.5 Å². The molecule has 1 atom stereocenters. The second-order valence-corrected chi connectivity index (χ2v) is 4.72. The predicted molar refractivity (Wildman–Crippen MR) is 58.6 cm³/mol. The monoisotopic (exact) mass is 215 g/mol. The zero-order valence-electron chi connectivity index (χ0n) is 9.71. The van der Waals surface area contributed by atoms with Crippen molar-refractivity contribution in [2.24, 2.45) is 0 Å². The fourth-order valence-electron chi connectivity index (χ4n) is 1.75. The summed E-state index contributed by atoms with van der Waals surface area (Å²) in [6, 6.07) is -0.161. The quantitative estimate of drug-likeness (QED) is 0.552. The molecular weight excluding hydrogens is 194 g/mol. The van der Waals surface area contributed by atoms with E-state index in [4.69, 9.17) is 0 Å². The van der Waals surface area contributed by atoms with E-state index in [1.54, 1.807) is 25.8 Å². The van der Waals surface area contributed by atoms with Gasteiger partial charge in [0.2, 0.25) is 5.91 Å². The molecule has 1 aliphatic heterocycles. The number of hydrogen-bond acceptors (Lipinski definition) is 4. The van der Waals surface area contributed by atoms with E-state index < -0.39 is 5.60 Å². The summed E-state index contributed by atoms with van der Waals surface area (Å²) < 4.78 is 0. The summed E-state index contributed by atoms with van der Waals surface area (Å²) in [5.41, 5.74) is -0.841. The number of piperazine rings is 1. The van der Waals surface area contributed by atoms with Gasteiger partial charge < -0.3 is 20.6 Å². The fourth-order valence-corrected chi connectivity index (χ4v) is 1.75. The molecule has 1 fully saturated rings. The minimum absolute atomic E-state index is 0.0318. The maximum Gasteiger partial charge on any atom is 0.240 e. The molecule has 0 bridgehead atoms. The van der Waals surface area contributed by atoms with E-state index in [-0.39, 0.29) is 11.9 Å². The van der Waals surface area contributed by atoms with Crippen LogP contribution in [0.5, 0.6) is 0 Å². The van der Waals surface area contributed by atoms with Gasteiger partial charge in [-0.15, -0.1) is 0 Å². The number of nitrogens with zero attached hydrogens (tertiary/aromatic N) is 1. The number of nitrogens with one attached hydrogen (secondary N) is 2. The highest BCUT2D eigenvalue weighted by Gasteiger charge is 2.26. The number of likely N-dealkylation sites (N-methyl/N-ethyl adjacent to an activating group) is 1. The SMILES string of the molecule is CN(CC(C)(C)O)C(=O)C1CNCCN1. The van der Waals surface area contributed by atoms with Gasteiger partial charge in [-0.1, -0.05) is 0 Å². The van der Waals surface area contributed by atoms with E-state index in [0.717, 1.165) is 13.1 Å². The third-order valence-electron chi connectivity index (χ3n) is 2.34. The number of aliphatic hydroxyl groups is 1. The third-order valence-corrected chi connectivity index (χ3v) is 2.34. The Labute approximate surface area is 90.8 Å². The molecular formula is C10H21N3O2. The predicted octanol–water partition coefficient (Wildman–Crippen LogP) is -1.22. The Morgan fingerprint density at radius 2 is 2.20 bits per heavy atom. The van der Waals surface area contributed by atoms with Gasteiger partial charge in [-0.05, 0) is 13.8 Å². The first-order valence-electron chi connectivity index (χ1n) is 5.31. The first-order chi connectivity index (χ1) is 6.90. The Morgan fingerprint density at radius 1 is 1.53 bits per heavy atom. The molecule has 0 aromatic rings. The summed E-state index contributed by atoms with van der Waals surface area (Å²) in [5.74, 6) is 0.0318. The number of carbonyl (C=O) groups is 1. The van der Waals surface area contributed by atoms with Gasteiger partial charge in [0, 0.05) is 33.2 Å². The molecule has 3 N–H and O–H groups in total. The highest BCUT2D eigenvalue weighted by Crippen LogP contribution is 2.05. The van der Waals surface area contributed by atoms with E-state index in [1.165, 1.54) is 0 Å². The second kappa shape index (κ2) is 4.92. The van der Waals surface area contributed by atoms with E-state index in [1.807, 2.05) is 0 Å². The van der Waals surface area contributed by atoms with Crippen LogP contribution in [-0.2, 0) is 4.79 Å². The molecule has 1 aliphatic rings.